The van der Waals surface area contributed by atoms with E-state index in [-0.39, 0.29) is 0 Å². The fraction of sp³-hybridized carbons (Fsp3) is 0.906. The van der Waals surface area contributed by atoms with Crippen LogP contribution in [0.3, 0.4) is 0 Å². The van der Waals surface area contributed by atoms with E-state index in [1.807, 2.05) is 0 Å². The summed E-state index contributed by atoms with van der Waals surface area (Å²) < 4.78 is 75.7. The summed E-state index contributed by atoms with van der Waals surface area (Å²) in [6, 6.07) is -7.17. The highest BCUT2D eigenvalue weighted by Gasteiger charge is 2.60. The van der Waals surface area contributed by atoms with Gasteiger partial charge in [-0.15, -0.1) is 0 Å². The molecule has 548 valence electrons. The Morgan fingerprint density at radius 1 is 0.453 bits per heavy atom. The molecular weight excluding hydrogens is 1300 g/mol. The maximum absolute atomic E-state index is 13.2. The van der Waals surface area contributed by atoms with Crippen LogP contribution in [0.5, 0.6) is 0 Å². The van der Waals surface area contributed by atoms with Crippen LogP contribution in [0.2, 0.25) is 0 Å². The van der Waals surface area contributed by atoms with Crippen LogP contribution in [-0.2, 0) is 85.6 Å². The maximum atomic E-state index is 13.2. The normalized spacial score (nSPS) is 46.4. The summed E-state index contributed by atoms with van der Waals surface area (Å²) in [6.45, 7) is -1.29. The zero-order chi connectivity index (χ0) is 70.6. The largest absolute Gasteiger partial charge is 0.477 e. The van der Waals surface area contributed by atoms with Crippen LogP contribution in [0.4, 0.5) is 0 Å². The van der Waals surface area contributed by atoms with E-state index in [2.05, 4.69) is 21.3 Å². The first-order valence-corrected chi connectivity index (χ1v) is 30.1. The second kappa shape index (κ2) is 33.5. The predicted molar refractivity (Wildman–Crippen MR) is 294 cm³/mol. The molecule has 24 N–H and O–H groups in total. The van der Waals surface area contributed by atoms with Crippen molar-refractivity contribution in [2.24, 2.45) is 0 Å². The van der Waals surface area contributed by atoms with Crippen molar-refractivity contribution in [2.75, 3.05) is 39.6 Å². The van der Waals surface area contributed by atoms with Gasteiger partial charge in [0.15, 0.2) is 37.7 Å². The first-order valence-electron chi connectivity index (χ1n) is 30.1. The van der Waals surface area contributed by atoms with Crippen molar-refractivity contribution < 1.29 is 188 Å². The lowest BCUT2D eigenvalue weighted by molar-refractivity contribution is -0.384. The molecular formula is C53H88N4O38. The standard InChI is InChI=1S/C53H88N4O38/c1-13-29(68)37(76)39(78)49(85-13)94-45-38(77)32(71)21(9-60)88-51(45)91-41-22(10-61)89-47(27(36(41)75)56-16(4)64)83-11-23-33(72)42(28(46(80)86-23)57-17(5)65)92-50-40(79)44(93-48-26(55-15(3)63)35(74)31(70)20(8-59)87-48)34(73)24(90-50)12-84-53(52(81)82)6-18(66)25(54-14(2)62)43(95-53)30(69)19(67)7-58/h13,18-51,58-61,66-80H,6-12H2,1-5H3,(H,54,62)(H,55,63)(H,56,64)(H,57,65)(H,81,82)/t13-,18-,19+,20+,21+,22+,23+,24+,25+,26+,27+,28+,29+,30+,31+,32-,33-,34-,35+,36+,37+,38-,39-,40+,41+,42+,43+,44-,45+,46-,47+,48-,49-,50-,51-,53+/m0/s1. The number of carboxylic acids is 1. The molecule has 7 saturated heterocycles. The highest BCUT2D eigenvalue weighted by Crippen LogP contribution is 2.39. The number of carbonyl (C=O) groups is 5. The van der Waals surface area contributed by atoms with Crippen molar-refractivity contribution in [2.45, 2.75) is 261 Å². The van der Waals surface area contributed by atoms with Gasteiger partial charge < -0.3 is 185 Å². The number of hydrogen-bond acceptors (Lipinski definition) is 37. The molecule has 7 aliphatic rings. The SMILES string of the molecule is CC(=O)N[C@@H]1[C@@H](O[C@@H]2O[C@H](CO[C@]3(C(=O)O)C[C@H](O)[C@@H](NC(C)=O)[C@H]([C@H](O)[C@H](O)CO)O3)[C@H](O)[C@H](O[C@@H]3O[C@H](CO)[C@@H](O)[C@H](O)[C@H]3NC(C)=O)[C@H]2O)[C@@H](O)[C@@H](CO[C@@H]2O[C@H](CO)[C@@H](O[C@@H]3O[C@H](CO)[C@H](O)[C@H](O)[C@H]3O[C@@H]3O[C@@H](C)[C@@H](O)[C@@H](O)[C@@H]3O)[C@H](O)[C@H]2NC(C)=O)O[C@@H]1O. The summed E-state index contributed by atoms with van der Waals surface area (Å²) in [5.41, 5.74) is 0. The number of aliphatic hydroxyl groups excluding tert-OH is 19. The van der Waals surface area contributed by atoms with Gasteiger partial charge in [0.25, 0.3) is 5.79 Å². The molecule has 0 aliphatic carbocycles. The number of aliphatic carboxylic acids is 1. The topological polar surface area (TPSA) is 658 Å². The molecule has 95 heavy (non-hydrogen) atoms. The number of rotatable bonds is 25. The second-order valence-corrected chi connectivity index (χ2v) is 24.0. The Morgan fingerprint density at radius 2 is 0.926 bits per heavy atom. The first-order chi connectivity index (χ1) is 44.6. The van der Waals surface area contributed by atoms with Gasteiger partial charge in [0.05, 0.1) is 57.9 Å². The van der Waals surface area contributed by atoms with E-state index in [1.165, 1.54) is 6.92 Å². The van der Waals surface area contributed by atoms with E-state index < -0.39 is 296 Å². The minimum absolute atomic E-state index is 0.844. The van der Waals surface area contributed by atoms with Gasteiger partial charge in [0.1, 0.15) is 159 Å². The minimum atomic E-state index is -3.14. The van der Waals surface area contributed by atoms with Crippen molar-refractivity contribution in [3.8, 4) is 0 Å². The molecule has 0 aromatic rings. The number of carboxylic acid groups (broad SMARTS) is 1. The lowest BCUT2D eigenvalue weighted by Crippen LogP contribution is -2.70. The fourth-order valence-electron chi connectivity index (χ4n) is 12.0. The average molecular weight is 1390 g/mol. The molecule has 7 heterocycles. The van der Waals surface area contributed by atoms with Crippen LogP contribution in [0.15, 0.2) is 0 Å². The van der Waals surface area contributed by atoms with Crippen LogP contribution in [-0.4, -0.2) is 392 Å². The Kier molecular flexibility index (Phi) is 27.6. The summed E-state index contributed by atoms with van der Waals surface area (Å²) in [4.78, 5) is 63.4. The Hall–Kier alpha value is -3.93. The van der Waals surface area contributed by atoms with Crippen LogP contribution >= 0.6 is 0 Å². The highest BCUT2D eigenvalue weighted by atomic mass is 16.8. The zero-order valence-electron chi connectivity index (χ0n) is 51.4. The third kappa shape index (κ3) is 17.6. The van der Waals surface area contributed by atoms with Gasteiger partial charge in [-0.1, -0.05) is 0 Å². The Balaban J connectivity index is 1.17. The molecule has 0 bridgehead atoms. The van der Waals surface area contributed by atoms with Crippen molar-refractivity contribution >= 4 is 29.6 Å². The van der Waals surface area contributed by atoms with Gasteiger partial charge in [-0.25, -0.2) is 4.79 Å². The van der Waals surface area contributed by atoms with Gasteiger partial charge in [0, 0.05) is 34.1 Å². The van der Waals surface area contributed by atoms with Crippen molar-refractivity contribution in [1.29, 1.82) is 0 Å². The number of aliphatic hydroxyl groups is 19. The van der Waals surface area contributed by atoms with E-state index >= 15 is 0 Å². The monoisotopic (exact) mass is 1390 g/mol. The number of carbonyl (C=O) groups excluding carboxylic acids is 4. The molecule has 0 saturated carbocycles. The summed E-state index contributed by atoms with van der Waals surface area (Å²) in [5.74, 6) is -8.72. The van der Waals surface area contributed by atoms with Crippen LogP contribution < -0.4 is 21.3 Å². The van der Waals surface area contributed by atoms with Gasteiger partial charge in [-0.05, 0) is 6.92 Å². The first kappa shape index (κ1) is 78.4. The summed E-state index contributed by atoms with van der Waals surface area (Å²) in [6.07, 6.45) is -63.1. The molecule has 42 heteroatoms. The van der Waals surface area contributed by atoms with Crippen LogP contribution in [0, 0.1) is 0 Å². The molecule has 7 rings (SSSR count). The number of amides is 4. The Morgan fingerprint density at radius 3 is 1.49 bits per heavy atom. The number of nitrogens with one attached hydrogen (secondary N) is 4. The lowest BCUT2D eigenvalue weighted by Gasteiger charge is -2.50. The number of ether oxygens (including phenoxy) is 13. The fourth-order valence-corrected chi connectivity index (χ4v) is 12.0. The van der Waals surface area contributed by atoms with Gasteiger partial charge in [-0.2, -0.15) is 0 Å². The molecule has 7 fully saturated rings. The van der Waals surface area contributed by atoms with Crippen molar-refractivity contribution in [3.05, 3.63) is 0 Å². The molecule has 0 radical (unpaired) electrons. The Bertz CT molecular complexity index is 2520. The molecule has 0 aromatic carbocycles. The molecule has 42 nitrogen and oxygen atoms in total. The van der Waals surface area contributed by atoms with E-state index in [1.54, 1.807) is 0 Å². The van der Waals surface area contributed by atoms with Gasteiger partial charge >= 0.3 is 5.97 Å². The average Bonchev–Trinajstić information content (AvgIpc) is 0.776. The molecule has 0 spiro atoms. The van der Waals surface area contributed by atoms with E-state index in [4.69, 9.17) is 61.6 Å². The predicted octanol–water partition coefficient (Wildman–Crippen LogP) is -15.5. The number of hydrogen-bond donors (Lipinski definition) is 24. The zero-order valence-corrected chi connectivity index (χ0v) is 51.4. The minimum Gasteiger partial charge on any atom is -0.477 e. The maximum Gasteiger partial charge on any atom is 0.364 e. The van der Waals surface area contributed by atoms with E-state index in [0.717, 1.165) is 27.7 Å². The Labute approximate surface area is 538 Å². The quantitative estimate of drug-likeness (QED) is 0.0404. The smallest absolute Gasteiger partial charge is 0.364 e. The van der Waals surface area contributed by atoms with E-state index in [9.17, 15) is 126 Å². The summed E-state index contributed by atoms with van der Waals surface area (Å²) in [5, 5.41) is 228. The van der Waals surface area contributed by atoms with Gasteiger partial charge in [-0.3, -0.25) is 19.2 Å². The van der Waals surface area contributed by atoms with Crippen LogP contribution in [0.25, 0.3) is 0 Å². The molecule has 4 amide bonds. The highest BCUT2D eigenvalue weighted by molar-refractivity contribution is 5.77. The van der Waals surface area contributed by atoms with Crippen molar-refractivity contribution in [1.82, 2.24) is 21.3 Å². The molecule has 36 atom stereocenters. The molecule has 0 unspecified atom stereocenters. The van der Waals surface area contributed by atoms with Gasteiger partial charge in [0.2, 0.25) is 23.6 Å². The second-order valence-electron chi connectivity index (χ2n) is 24.0. The third-order valence-corrected chi connectivity index (χ3v) is 17.1. The summed E-state index contributed by atoms with van der Waals surface area (Å²) >= 11 is 0. The van der Waals surface area contributed by atoms with E-state index in [0.29, 0.717) is 0 Å². The van der Waals surface area contributed by atoms with Crippen molar-refractivity contribution in [3.63, 3.8) is 0 Å². The molecule has 0 aromatic heterocycles. The third-order valence-electron chi connectivity index (χ3n) is 17.1. The van der Waals surface area contributed by atoms with Crippen LogP contribution in [0.1, 0.15) is 41.0 Å². The summed E-state index contributed by atoms with van der Waals surface area (Å²) in [7, 11) is 0. The lowest BCUT2D eigenvalue weighted by atomic mass is 9.88. The molecule has 7 aliphatic heterocycles.